The van der Waals surface area contributed by atoms with Crippen LogP contribution in [0.25, 0.3) is 39.1 Å². The van der Waals surface area contributed by atoms with Crippen LogP contribution in [0.1, 0.15) is 59.4 Å². The molecular formula is C42H35N3. The molecule has 1 aliphatic rings. The van der Waals surface area contributed by atoms with Crippen molar-refractivity contribution in [2.24, 2.45) is 5.73 Å². The second-order valence-electron chi connectivity index (χ2n) is 12.3. The van der Waals surface area contributed by atoms with E-state index in [1.165, 1.54) is 38.6 Å². The van der Waals surface area contributed by atoms with Crippen molar-refractivity contribution in [1.29, 1.82) is 5.26 Å². The van der Waals surface area contributed by atoms with Gasteiger partial charge in [-0.2, -0.15) is 5.26 Å². The number of rotatable bonds is 7. The van der Waals surface area contributed by atoms with Gasteiger partial charge in [0.05, 0.1) is 23.8 Å². The molecule has 6 aromatic rings. The van der Waals surface area contributed by atoms with Gasteiger partial charge in [-0.05, 0) is 91.2 Å². The van der Waals surface area contributed by atoms with Gasteiger partial charge in [0.25, 0.3) is 0 Å². The van der Waals surface area contributed by atoms with Crippen LogP contribution in [0.15, 0.2) is 140 Å². The molecule has 45 heavy (non-hydrogen) atoms. The van der Waals surface area contributed by atoms with Crippen molar-refractivity contribution in [3.63, 3.8) is 0 Å². The topological polar surface area (TPSA) is 61.8 Å². The summed E-state index contributed by atoms with van der Waals surface area (Å²) in [7, 11) is 0. The SMILES string of the molecule is CC1(C)c2cc3ccccc3cc2-c2c(/C=C/C(NC(N)c3ccccc3)c3cccc(-c4ccc(C#N)cc4)c3)cccc21. The van der Waals surface area contributed by atoms with E-state index < -0.39 is 0 Å². The molecular weight excluding hydrogens is 546 g/mol. The minimum absolute atomic E-state index is 0.0959. The summed E-state index contributed by atoms with van der Waals surface area (Å²) in [6.07, 6.45) is 4.14. The number of nitrogens with zero attached hydrogens (tertiary/aromatic N) is 1. The number of nitriles is 1. The minimum Gasteiger partial charge on any atom is -0.312 e. The highest BCUT2D eigenvalue weighted by molar-refractivity contribution is 5.95. The van der Waals surface area contributed by atoms with Crippen LogP contribution >= 0.6 is 0 Å². The van der Waals surface area contributed by atoms with Crippen molar-refractivity contribution in [3.8, 4) is 28.3 Å². The molecule has 0 amide bonds. The van der Waals surface area contributed by atoms with Crippen molar-refractivity contribution < 1.29 is 0 Å². The molecule has 3 nitrogen and oxygen atoms in total. The Kier molecular flexibility index (Phi) is 7.39. The Hall–Kier alpha value is -5.27. The molecule has 0 aromatic heterocycles. The lowest BCUT2D eigenvalue weighted by Gasteiger charge is -2.23. The van der Waals surface area contributed by atoms with E-state index in [4.69, 9.17) is 5.73 Å². The molecule has 218 valence electrons. The zero-order chi connectivity index (χ0) is 31.0. The maximum Gasteiger partial charge on any atom is 0.0991 e. The second kappa shape index (κ2) is 11.7. The first kappa shape index (κ1) is 28.5. The van der Waals surface area contributed by atoms with E-state index in [-0.39, 0.29) is 17.6 Å². The molecule has 7 rings (SSSR count). The smallest absolute Gasteiger partial charge is 0.0991 e. The van der Waals surface area contributed by atoms with E-state index >= 15 is 0 Å². The summed E-state index contributed by atoms with van der Waals surface area (Å²) in [5, 5.41) is 15.5. The lowest BCUT2D eigenvalue weighted by atomic mass is 9.81. The second-order valence-corrected chi connectivity index (χ2v) is 12.3. The van der Waals surface area contributed by atoms with Gasteiger partial charge in [0.2, 0.25) is 0 Å². The summed E-state index contributed by atoms with van der Waals surface area (Å²) in [6.45, 7) is 4.66. The van der Waals surface area contributed by atoms with Gasteiger partial charge in [0, 0.05) is 5.41 Å². The molecule has 3 heteroatoms. The Morgan fingerprint density at radius 1 is 0.689 bits per heavy atom. The fourth-order valence-electron chi connectivity index (χ4n) is 6.70. The molecule has 3 N–H and O–H groups in total. The Labute approximate surface area is 265 Å². The molecule has 6 aromatic carbocycles. The van der Waals surface area contributed by atoms with Crippen LogP contribution in [0.5, 0.6) is 0 Å². The van der Waals surface area contributed by atoms with Crippen molar-refractivity contribution in [2.75, 3.05) is 0 Å². The normalized spacial score (nSPS) is 14.5. The van der Waals surface area contributed by atoms with Gasteiger partial charge in [-0.25, -0.2) is 0 Å². The summed E-state index contributed by atoms with van der Waals surface area (Å²) in [5.74, 6) is 0. The van der Waals surface area contributed by atoms with E-state index in [1.807, 2.05) is 42.5 Å². The Morgan fingerprint density at radius 2 is 1.38 bits per heavy atom. The van der Waals surface area contributed by atoms with Gasteiger partial charge in [0.15, 0.2) is 0 Å². The number of hydrogen-bond donors (Lipinski definition) is 2. The largest absolute Gasteiger partial charge is 0.312 e. The molecule has 0 spiro atoms. The van der Waals surface area contributed by atoms with Gasteiger partial charge in [-0.15, -0.1) is 0 Å². The Balaban J connectivity index is 1.31. The monoisotopic (exact) mass is 581 g/mol. The van der Waals surface area contributed by atoms with Crippen LogP contribution in [-0.4, -0.2) is 0 Å². The van der Waals surface area contributed by atoms with Gasteiger partial charge in [-0.3, -0.25) is 5.32 Å². The lowest BCUT2D eigenvalue weighted by Crippen LogP contribution is -2.31. The maximum atomic E-state index is 9.26. The van der Waals surface area contributed by atoms with Gasteiger partial charge in [0.1, 0.15) is 0 Å². The van der Waals surface area contributed by atoms with Gasteiger partial charge in [-0.1, -0.05) is 129 Å². The summed E-state index contributed by atoms with van der Waals surface area (Å²) in [6, 6.07) is 48.5. The average Bonchev–Trinajstić information content (AvgIpc) is 3.31. The van der Waals surface area contributed by atoms with Crippen LogP contribution in [0.4, 0.5) is 0 Å². The summed E-state index contributed by atoms with van der Waals surface area (Å²) >= 11 is 0. The van der Waals surface area contributed by atoms with Crippen molar-refractivity contribution in [1.82, 2.24) is 5.32 Å². The van der Waals surface area contributed by atoms with Crippen LogP contribution in [0, 0.1) is 11.3 Å². The zero-order valence-electron chi connectivity index (χ0n) is 25.5. The molecule has 2 atom stereocenters. The first-order valence-electron chi connectivity index (χ1n) is 15.4. The molecule has 0 heterocycles. The van der Waals surface area contributed by atoms with E-state index in [0.717, 1.165) is 22.3 Å². The molecule has 0 fully saturated rings. The predicted octanol–water partition coefficient (Wildman–Crippen LogP) is 9.69. The minimum atomic E-state index is -0.355. The summed E-state index contributed by atoms with van der Waals surface area (Å²) in [5.41, 5.74) is 18.1. The maximum absolute atomic E-state index is 9.26. The third-order valence-corrected chi connectivity index (χ3v) is 9.18. The highest BCUT2D eigenvalue weighted by atomic mass is 15.0. The molecule has 2 unspecified atom stereocenters. The average molecular weight is 582 g/mol. The van der Waals surface area contributed by atoms with E-state index in [0.29, 0.717) is 5.56 Å². The number of fused-ring (bicyclic) bond motifs is 4. The van der Waals surface area contributed by atoms with Gasteiger partial charge >= 0.3 is 0 Å². The van der Waals surface area contributed by atoms with Crippen molar-refractivity contribution >= 4 is 16.8 Å². The fourth-order valence-corrected chi connectivity index (χ4v) is 6.70. The Morgan fingerprint density at radius 3 is 2.13 bits per heavy atom. The summed E-state index contributed by atoms with van der Waals surface area (Å²) < 4.78 is 0. The quantitative estimate of drug-likeness (QED) is 0.185. The lowest BCUT2D eigenvalue weighted by molar-refractivity contribution is 0.509. The van der Waals surface area contributed by atoms with Crippen molar-refractivity contribution in [3.05, 3.63) is 173 Å². The number of nitrogens with one attached hydrogen (secondary N) is 1. The molecule has 0 saturated carbocycles. The molecule has 0 saturated heterocycles. The van der Waals surface area contributed by atoms with Crippen molar-refractivity contribution in [2.45, 2.75) is 31.5 Å². The summed E-state index contributed by atoms with van der Waals surface area (Å²) in [4.78, 5) is 0. The van der Waals surface area contributed by atoms with Crippen LogP contribution in [0.3, 0.4) is 0 Å². The Bertz CT molecular complexity index is 2080. The predicted molar refractivity (Wildman–Crippen MR) is 186 cm³/mol. The zero-order valence-corrected chi connectivity index (χ0v) is 25.5. The molecule has 1 aliphatic carbocycles. The number of nitrogens with two attached hydrogens (primary N) is 1. The van der Waals surface area contributed by atoms with E-state index in [9.17, 15) is 5.26 Å². The molecule has 0 radical (unpaired) electrons. The number of benzene rings is 6. The van der Waals surface area contributed by atoms with Crippen LogP contribution in [-0.2, 0) is 5.41 Å². The highest BCUT2D eigenvalue weighted by Crippen LogP contribution is 2.51. The molecule has 0 bridgehead atoms. The fraction of sp³-hybridized carbons (Fsp3) is 0.119. The number of hydrogen-bond acceptors (Lipinski definition) is 3. The van der Waals surface area contributed by atoms with E-state index in [2.05, 4.69) is 128 Å². The third-order valence-electron chi connectivity index (χ3n) is 9.18. The van der Waals surface area contributed by atoms with Gasteiger partial charge < -0.3 is 5.73 Å². The van der Waals surface area contributed by atoms with E-state index in [1.54, 1.807) is 0 Å². The standard InChI is InChI=1S/C42H35N3/c1-42(2)37-17-9-14-30(40(37)36-25-33-12-6-7-13-34(33)26-38(36)42)22-23-39(45-41(44)31-10-4-3-5-11-31)35-16-8-15-32(24-35)29-20-18-28(27-43)19-21-29/h3-26,39,41,45H,44H2,1-2H3/b23-22+. The van der Waals surface area contributed by atoms with Crippen LogP contribution in [0.2, 0.25) is 0 Å². The molecule has 0 aliphatic heterocycles. The highest BCUT2D eigenvalue weighted by Gasteiger charge is 2.36. The third kappa shape index (κ3) is 5.36. The first-order chi connectivity index (χ1) is 21.9. The first-order valence-corrected chi connectivity index (χ1v) is 15.4. The van der Waals surface area contributed by atoms with Crippen LogP contribution < -0.4 is 11.1 Å².